The van der Waals surface area contributed by atoms with Gasteiger partial charge in [-0.15, -0.1) is 0 Å². The Kier molecular flexibility index (Phi) is 4.60. The Hall–Kier alpha value is -3.57. The maximum Gasteiger partial charge on any atom is 0.291 e. The third-order valence-electron chi connectivity index (χ3n) is 5.21. The van der Waals surface area contributed by atoms with Gasteiger partial charge in [0.05, 0.1) is 28.0 Å². The molecule has 0 fully saturated rings. The standard InChI is InChI=1S/C21H18N6O3S2/c1-12-6-8-14(9-7-12)32(29,30)21-25-19-18(31-21)15-10-23-27(20(28)17(15)26(19)2)11-13-4-3-5-16(22)24-13/h3-10H,11H2,1-2H3,(H2,22,24). The summed E-state index contributed by atoms with van der Waals surface area (Å²) in [5.41, 5.74) is 7.81. The molecule has 1 aromatic carbocycles. The summed E-state index contributed by atoms with van der Waals surface area (Å²) in [6.07, 6.45) is 1.56. The highest BCUT2D eigenvalue weighted by Gasteiger charge is 2.26. The smallest absolute Gasteiger partial charge is 0.291 e. The average Bonchev–Trinajstić information content (AvgIpc) is 3.31. The van der Waals surface area contributed by atoms with Crippen LogP contribution in [0.5, 0.6) is 0 Å². The molecular weight excluding hydrogens is 448 g/mol. The first-order valence-electron chi connectivity index (χ1n) is 9.64. The zero-order chi connectivity index (χ0) is 22.6. The molecule has 11 heteroatoms. The van der Waals surface area contributed by atoms with Crippen molar-refractivity contribution in [2.24, 2.45) is 7.05 Å². The molecule has 0 amide bonds. The second-order valence-corrected chi connectivity index (χ2v) is 10.6. The van der Waals surface area contributed by atoms with Gasteiger partial charge in [0.2, 0.25) is 14.2 Å². The number of nitrogens with two attached hydrogens (primary N) is 1. The zero-order valence-corrected chi connectivity index (χ0v) is 18.8. The molecule has 4 heterocycles. The quantitative estimate of drug-likeness (QED) is 0.431. The third kappa shape index (κ3) is 3.17. The molecule has 0 atom stereocenters. The Labute approximate surface area is 186 Å². The number of pyridine rings is 1. The summed E-state index contributed by atoms with van der Waals surface area (Å²) in [6.45, 7) is 2.06. The Morgan fingerprint density at radius 2 is 1.84 bits per heavy atom. The number of aryl methyl sites for hydroxylation is 2. The van der Waals surface area contributed by atoms with Gasteiger partial charge in [-0.05, 0) is 31.2 Å². The van der Waals surface area contributed by atoms with Gasteiger partial charge in [-0.25, -0.2) is 23.1 Å². The fourth-order valence-corrected chi connectivity index (χ4v) is 6.28. The lowest BCUT2D eigenvalue weighted by atomic mass is 10.2. The highest BCUT2D eigenvalue weighted by molar-refractivity contribution is 7.93. The van der Waals surface area contributed by atoms with Gasteiger partial charge in [0.25, 0.3) is 5.56 Å². The Morgan fingerprint density at radius 3 is 2.56 bits per heavy atom. The van der Waals surface area contributed by atoms with Crippen LogP contribution in [-0.4, -0.2) is 32.7 Å². The number of nitrogen functional groups attached to an aromatic ring is 1. The van der Waals surface area contributed by atoms with Crippen molar-refractivity contribution in [3.05, 3.63) is 70.3 Å². The summed E-state index contributed by atoms with van der Waals surface area (Å²) < 4.78 is 29.6. The van der Waals surface area contributed by atoms with E-state index in [0.717, 1.165) is 16.9 Å². The minimum Gasteiger partial charge on any atom is -0.384 e. The maximum atomic E-state index is 13.1. The predicted octanol–water partition coefficient (Wildman–Crippen LogP) is 2.51. The number of hydrogen-bond acceptors (Lipinski definition) is 8. The molecule has 9 nitrogen and oxygen atoms in total. The van der Waals surface area contributed by atoms with Crippen LogP contribution in [0.2, 0.25) is 0 Å². The van der Waals surface area contributed by atoms with Crippen molar-refractivity contribution in [2.75, 3.05) is 5.73 Å². The highest BCUT2D eigenvalue weighted by atomic mass is 32.2. The molecule has 162 valence electrons. The van der Waals surface area contributed by atoms with E-state index in [1.807, 2.05) is 6.92 Å². The van der Waals surface area contributed by atoms with Crippen molar-refractivity contribution in [2.45, 2.75) is 22.7 Å². The first-order chi connectivity index (χ1) is 15.3. The zero-order valence-electron chi connectivity index (χ0n) is 17.2. The fraction of sp³-hybridized carbons (Fsp3) is 0.143. The number of rotatable bonds is 4. The minimum absolute atomic E-state index is 0.0167. The van der Waals surface area contributed by atoms with Crippen molar-refractivity contribution in [3.63, 3.8) is 0 Å². The average molecular weight is 467 g/mol. The molecular formula is C21H18N6O3S2. The van der Waals surface area contributed by atoms with E-state index in [-0.39, 0.29) is 21.3 Å². The number of sulfone groups is 1. The number of aromatic nitrogens is 5. The lowest BCUT2D eigenvalue weighted by molar-refractivity contribution is 0.595. The Bertz CT molecular complexity index is 1660. The van der Waals surface area contributed by atoms with Gasteiger partial charge in [0, 0.05) is 12.4 Å². The van der Waals surface area contributed by atoms with Gasteiger partial charge in [-0.3, -0.25) is 4.79 Å². The van der Waals surface area contributed by atoms with Crippen LogP contribution in [0.15, 0.2) is 62.7 Å². The molecule has 32 heavy (non-hydrogen) atoms. The van der Waals surface area contributed by atoms with Crippen molar-refractivity contribution in [3.8, 4) is 0 Å². The van der Waals surface area contributed by atoms with Crippen molar-refractivity contribution in [1.82, 2.24) is 24.3 Å². The van der Waals surface area contributed by atoms with Crippen molar-refractivity contribution >= 4 is 48.2 Å². The molecule has 0 saturated heterocycles. The highest BCUT2D eigenvalue weighted by Crippen LogP contribution is 2.35. The van der Waals surface area contributed by atoms with Crippen LogP contribution < -0.4 is 11.3 Å². The van der Waals surface area contributed by atoms with Crippen LogP contribution >= 0.6 is 11.3 Å². The molecule has 0 unspecified atom stereocenters. The van der Waals surface area contributed by atoms with Crippen molar-refractivity contribution < 1.29 is 8.42 Å². The maximum absolute atomic E-state index is 13.1. The molecule has 5 rings (SSSR count). The molecule has 0 aliphatic heterocycles. The van der Waals surface area contributed by atoms with Crippen LogP contribution in [0, 0.1) is 6.92 Å². The van der Waals surface area contributed by atoms with Crippen LogP contribution in [0.4, 0.5) is 5.82 Å². The van der Waals surface area contributed by atoms with E-state index in [0.29, 0.717) is 32.8 Å². The van der Waals surface area contributed by atoms with E-state index in [1.165, 1.54) is 4.68 Å². The van der Waals surface area contributed by atoms with Gasteiger partial charge in [0.1, 0.15) is 11.3 Å². The largest absolute Gasteiger partial charge is 0.384 e. The summed E-state index contributed by atoms with van der Waals surface area (Å²) in [5, 5.41) is 4.84. The van der Waals surface area contributed by atoms with Crippen LogP contribution in [0.3, 0.4) is 0 Å². The first kappa shape index (κ1) is 20.3. The van der Waals surface area contributed by atoms with E-state index in [9.17, 15) is 13.2 Å². The predicted molar refractivity (Wildman–Crippen MR) is 123 cm³/mol. The van der Waals surface area contributed by atoms with E-state index in [4.69, 9.17) is 5.73 Å². The number of nitrogens with zero attached hydrogens (tertiary/aromatic N) is 5. The number of benzene rings is 1. The Morgan fingerprint density at radius 1 is 1.09 bits per heavy atom. The van der Waals surface area contributed by atoms with E-state index >= 15 is 0 Å². The number of anilines is 1. The van der Waals surface area contributed by atoms with Gasteiger partial charge in [0.15, 0.2) is 5.65 Å². The third-order valence-corrected chi connectivity index (χ3v) is 8.43. The van der Waals surface area contributed by atoms with Gasteiger partial charge < -0.3 is 10.3 Å². The Balaban J connectivity index is 1.62. The second kappa shape index (κ2) is 7.24. The number of fused-ring (bicyclic) bond motifs is 3. The minimum atomic E-state index is -3.77. The van der Waals surface area contributed by atoms with Gasteiger partial charge in [-0.2, -0.15) is 5.10 Å². The van der Waals surface area contributed by atoms with Crippen molar-refractivity contribution in [1.29, 1.82) is 0 Å². The van der Waals surface area contributed by atoms with Crippen LogP contribution in [0.25, 0.3) is 21.3 Å². The molecule has 5 aromatic rings. The van der Waals surface area contributed by atoms with Crippen LogP contribution in [-0.2, 0) is 23.4 Å². The van der Waals surface area contributed by atoms with E-state index < -0.39 is 9.84 Å². The summed E-state index contributed by atoms with van der Waals surface area (Å²) >= 11 is 1.04. The number of hydrogen-bond donors (Lipinski definition) is 1. The monoisotopic (exact) mass is 466 g/mol. The SMILES string of the molecule is Cc1ccc(S(=O)(=O)c2nc3c(s2)c2cnn(Cc4cccc(N)n4)c(=O)c2n3C)cc1. The molecule has 0 bridgehead atoms. The lowest BCUT2D eigenvalue weighted by Gasteiger charge is -2.06. The second-order valence-electron chi connectivity index (χ2n) is 7.43. The van der Waals surface area contributed by atoms with E-state index in [2.05, 4.69) is 15.1 Å². The molecule has 0 aliphatic rings. The number of thiazole rings is 1. The molecule has 0 radical (unpaired) electrons. The van der Waals surface area contributed by atoms with Crippen LogP contribution in [0.1, 0.15) is 11.3 Å². The normalized spacial score (nSPS) is 12.1. The summed E-state index contributed by atoms with van der Waals surface area (Å²) in [4.78, 5) is 21.9. The fourth-order valence-electron chi connectivity index (χ4n) is 3.56. The molecule has 0 aliphatic carbocycles. The van der Waals surface area contributed by atoms with Gasteiger partial charge in [-0.1, -0.05) is 35.1 Å². The lowest BCUT2D eigenvalue weighted by Crippen LogP contribution is -2.25. The summed E-state index contributed by atoms with van der Waals surface area (Å²) in [7, 11) is -2.07. The summed E-state index contributed by atoms with van der Waals surface area (Å²) in [5.74, 6) is 0.363. The van der Waals surface area contributed by atoms with Gasteiger partial charge >= 0.3 is 0 Å². The molecule has 0 saturated carbocycles. The topological polar surface area (TPSA) is 126 Å². The molecule has 4 aromatic heterocycles. The summed E-state index contributed by atoms with van der Waals surface area (Å²) in [6, 6.07) is 11.8. The molecule has 2 N–H and O–H groups in total. The first-order valence-corrected chi connectivity index (χ1v) is 11.9. The molecule has 0 spiro atoms. The van der Waals surface area contributed by atoms with E-state index in [1.54, 1.807) is 60.3 Å².